The first-order valence-corrected chi connectivity index (χ1v) is 4.37. The molecule has 12 heavy (non-hydrogen) atoms. The summed E-state index contributed by atoms with van der Waals surface area (Å²) in [5, 5.41) is 16.7. The van der Waals surface area contributed by atoms with Crippen LogP contribution in [0.4, 0.5) is 0 Å². The fourth-order valence-electron chi connectivity index (χ4n) is 0.410. The van der Waals surface area contributed by atoms with Crippen LogP contribution in [0.1, 0.15) is 6.42 Å². The number of carbonyl (C=O) groups excluding carboxylic acids is 1. The van der Waals surface area contributed by atoms with Gasteiger partial charge in [0.1, 0.15) is 0 Å². The lowest BCUT2D eigenvalue weighted by Crippen LogP contribution is -2.24. The average molecular weight is 196 g/mol. The maximum absolute atomic E-state index is 10.5. The number of carboxylic acids is 1. The fraction of sp³-hybridized carbons (Fsp3) is 0.600. The van der Waals surface area contributed by atoms with Crippen molar-refractivity contribution >= 4 is 23.0 Å². The van der Waals surface area contributed by atoms with E-state index in [0.29, 0.717) is 0 Å². The molecule has 2 unspecified atom stereocenters. The van der Waals surface area contributed by atoms with Gasteiger partial charge in [-0.1, -0.05) is 0 Å². The quantitative estimate of drug-likeness (QED) is 0.577. The highest BCUT2D eigenvalue weighted by molar-refractivity contribution is 7.79. The molecule has 0 radical (unpaired) electrons. The molecule has 0 aliphatic rings. The van der Waals surface area contributed by atoms with Crippen molar-refractivity contribution in [2.24, 2.45) is 0 Å². The van der Waals surface area contributed by atoms with Gasteiger partial charge in [0.15, 0.2) is 6.10 Å². The molecule has 6 nitrogen and oxygen atoms in total. The summed E-state index contributed by atoms with van der Waals surface area (Å²) < 4.78 is 14.3. The van der Waals surface area contributed by atoms with Gasteiger partial charge in [-0.25, -0.2) is 9.00 Å². The van der Waals surface area contributed by atoms with Crippen LogP contribution in [0.3, 0.4) is 0 Å². The minimum Gasteiger partial charge on any atom is -0.479 e. The predicted molar refractivity (Wildman–Crippen MR) is 38.4 cm³/mol. The number of carbonyl (C=O) groups is 2. The zero-order valence-electron chi connectivity index (χ0n) is 6.22. The van der Waals surface area contributed by atoms with Crippen molar-refractivity contribution in [1.82, 2.24) is 0 Å². The van der Waals surface area contributed by atoms with E-state index in [2.05, 4.69) is 4.18 Å². The molecule has 0 aromatic rings. The second-order valence-corrected chi connectivity index (χ2v) is 2.88. The van der Waals surface area contributed by atoms with Crippen LogP contribution < -0.4 is 0 Å². The third-order valence-electron chi connectivity index (χ3n) is 0.855. The van der Waals surface area contributed by atoms with Crippen molar-refractivity contribution < 1.29 is 28.2 Å². The largest absolute Gasteiger partial charge is 0.479 e. The highest BCUT2D eigenvalue weighted by Crippen LogP contribution is 1.95. The van der Waals surface area contributed by atoms with Gasteiger partial charge >= 0.3 is 11.9 Å². The second-order valence-electron chi connectivity index (χ2n) is 1.91. The second kappa shape index (κ2) is 4.83. The monoisotopic (exact) mass is 196 g/mol. The molecule has 2 atom stereocenters. The summed E-state index contributed by atoms with van der Waals surface area (Å²) >= 11 is -1.78. The lowest BCUT2D eigenvalue weighted by Gasteiger charge is -2.02. The van der Waals surface area contributed by atoms with Crippen molar-refractivity contribution in [1.29, 1.82) is 0 Å². The summed E-state index contributed by atoms with van der Waals surface area (Å²) in [7, 11) is 0. The van der Waals surface area contributed by atoms with Gasteiger partial charge in [0.25, 0.3) is 0 Å². The van der Waals surface area contributed by atoms with E-state index in [9.17, 15) is 13.8 Å². The van der Waals surface area contributed by atoms with Crippen molar-refractivity contribution in [3.8, 4) is 0 Å². The number of aliphatic hydroxyl groups is 1. The summed E-state index contributed by atoms with van der Waals surface area (Å²) in [5.41, 5.74) is 0. The lowest BCUT2D eigenvalue weighted by atomic mass is 10.3. The van der Waals surface area contributed by atoms with Crippen molar-refractivity contribution in [2.45, 2.75) is 12.5 Å². The summed E-state index contributed by atoms with van der Waals surface area (Å²) in [5.74, 6) is -2.53. The maximum Gasteiger partial charge on any atom is 0.333 e. The Morgan fingerprint density at radius 2 is 2.08 bits per heavy atom. The molecule has 0 aromatic heterocycles. The summed E-state index contributed by atoms with van der Waals surface area (Å²) in [6.45, 7) is 0. The Morgan fingerprint density at radius 3 is 2.42 bits per heavy atom. The SMILES string of the molecule is CS(=O)OC(=O)CC(O)C(=O)O. The molecule has 0 aromatic carbocycles. The predicted octanol–water partition coefficient (Wildman–Crippen LogP) is -1.34. The fourth-order valence-corrected chi connectivity index (χ4v) is 0.740. The molecular weight excluding hydrogens is 188 g/mol. The number of aliphatic carboxylic acids is 1. The van der Waals surface area contributed by atoms with Crippen molar-refractivity contribution in [3.63, 3.8) is 0 Å². The Labute approximate surface area is 70.8 Å². The number of hydrogen-bond donors (Lipinski definition) is 2. The molecule has 0 aliphatic heterocycles. The van der Waals surface area contributed by atoms with Crippen molar-refractivity contribution in [2.75, 3.05) is 6.26 Å². The van der Waals surface area contributed by atoms with Crippen LogP contribution in [0, 0.1) is 0 Å². The Balaban J connectivity index is 3.85. The van der Waals surface area contributed by atoms with E-state index >= 15 is 0 Å². The molecular formula is C5H8O6S. The molecule has 0 rings (SSSR count). The first-order chi connectivity index (χ1) is 5.43. The van der Waals surface area contributed by atoms with E-state index in [1.807, 2.05) is 0 Å². The summed E-state index contributed by atoms with van der Waals surface area (Å²) in [6, 6.07) is 0. The van der Waals surface area contributed by atoms with E-state index in [-0.39, 0.29) is 0 Å². The molecule has 0 aliphatic carbocycles. The highest BCUT2D eigenvalue weighted by atomic mass is 32.2. The first-order valence-electron chi connectivity index (χ1n) is 2.89. The van der Waals surface area contributed by atoms with Crippen LogP contribution in [0.2, 0.25) is 0 Å². The zero-order chi connectivity index (χ0) is 9.72. The number of carboxylic acid groups (broad SMARTS) is 1. The maximum atomic E-state index is 10.5. The van der Waals surface area contributed by atoms with Gasteiger partial charge in [0.2, 0.25) is 11.1 Å². The topological polar surface area (TPSA) is 101 Å². The van der Waals surface area contributed by atoms with E-state index in [4.69, 9.17) is 10.2 Å². The molecule has 70 valence electrons. The van der Waals surface area contributed by atoms with Crippen LogP contribution in [-0.4, -0.2) is 38.7 Å². The zero-order valence-corrected chi connectivity index (χ0v) is 7.04. The van der Waals surface area contributed by atoms with Gasteiger partial charge in [0.05, 0.1) is 6.42 Å². The normalized spacial score (nSPS) is 14.8. The molecule has 0 spiro atoms. The number of rotatable bonds is 4. The van der Waals surface area contributed by atoms with E-state index in [1.165, 1.54) is 0 Å². The van der Waals surface area contributed by atoms with Gasteiger partial charge in [-0.05, 0) is 0 Å². The van der Waals surface area contributed by atoms with Crippen LogP contribution in [-0.2, 0) is 24.9 Å². The molecule has 0 bridgehead atoms. The molecule has 7 heteroatoms. The molecule has 2 N–H and O–H groups in total. The van der Waals surface area contributed by atoms with Gasteiger partial charge < -0.3 is 14.4 Å². The Morgan fingerprint density at radius 1 is 1.58 bits per heavy atom. The smallest absolute Gasteiger partial charge is 0.333 e. The first kappa shape index (κ1) is 11.1. The molecule has 0 heterocycles. The minimum atomic E-state index is -1.80. The van der Waals surface area contributed by atoms with Crippen LogP contribution in [0.25, 0.3) is 0 Å². The number of hydrogen-bond acceptors (Lipinski definition) is 5. The average Bonchev–Trinajstić information content (AvgIpc) is 1.84. The third-order valence-corrected chi connectivity index (χ3v) is 1.28. The highest BCUT2D eigenvalue weighted by Gasteiger charge is 2.19. The van der Waals surface area contributed by atoms with Gasteiger partial charge in [-0.3, -0.25) is 4.79 Å². The Bertz CT molecular complexity index is 212. The van der Waals surface area contributed by atoms with Crippen LogP contribution in [0.5, 0.6) is 0 Å². The van der Waals surface area contributed by atoms with E-state index in [0.717, 1.165) is 6.26 Å². The van der Waals surface area contributed by atoms with Gasteiger partial charge in [-0.2, -0.15) is 0 Å². The standard InChI is InChI=1S/C5H8O6S/c1-12(10)11-4(7)2-3(6)5(8)9/h3,6H,2H2,1H3,(H,8,9). The van der Waals surface area contributed by atoms with E-state index in [1.54, 1.807) is 0 Å². The Kier molecular flexibility index (Phi) is 4.45. The molecule has 0 saturated heterocycles. The molecule has 0 saturated carbocycles. The molecule has 0 fully saturated rings. The number of aliphatic hydroxyl groups excluding tert-OH is 1. The molecule has 0 amide bonds. The van der Waals surface area contributed by atoms with Crippen molar-refractivity contribution in [3.05, 3.63) is 0 Å². The summed E-state index contributed by atoms with van der Waals surface area (Å²) in [6.07, 6.45) is -1.39. The van der Waals surface area contributed by atoms with Crippen LogP contribution in [0.15, 0.2) is 0 Å². The van der Waals surface area contributed by atoms with Gasteiger partial charge in [0, 0.05) is 6.26 Å². The Hall–Kier alpha value is -0.950. The van der Waals surface area contributed by atoms with Gasteiger partial charge in [-0.15, -0.1) is 0 Å². The summed E-state index contributed by atoms with van der Waals surface area (Å²) in [4.78, 5) is 20.5. The van der Waals surface area contributed by atoms with Crippen LogP contribution >= 0.6 is 0 Å². The third kappa shape index (κ3) is 4.80. The minimum absolute atomic E-state index is 0.699. The lowest BCUT2D eigenvalue weighted by molar-refractivity contribution is -0.151. The van der Waals surface area contributed by atoms with E-state index < -0.39 is 35.5 Å².